The van der Waals surface area contributed by atoms with Crippen LogP contribution in [-0.4, -0.2) is 66.3 Å². The number of hydrogen-bond donors (Lipinski definition) is 3. The number of allylic oxidation sites excluding steroid dienone is 14. The van der Waals surface area contributed by atoms with Gasteiger partial charge in [-0.15, -0.1) is 0 Å². The summed E-state index contributed by atoms with van der Waals surface area (Å²) in [7, 11) is -4.54. The van der Waals surface area contributed by atoms with Crippen molar-refractivity contribution in [3.8, 4) is 0 Å². The molecule has 0 saturated carbocycles. The molecule has 0 aliphatic rings. The average Bonchev–Trinajstić information content (AvgIpc) is 3.33. The Balaban J connectivity index is 4.10. The highest BCUT2D eigenvalue weighted by Gasteiger charge is 2.26. The summed E-state index contributed by atoms with van der Waals surface area (Å²) in [6, 6.07) is 0. The molecule has 0 rings (SSSR count). The first-order chi connectivity index (χ1) is 33.3. The second-order valence-electron chi connectivity index (χ2n) is 18.2. The Kier molecular flexibility index (Phi) is 52.1. The molecular weight excluding hydrogens is 872 g/mol. The molecule has 3 N–H and O–H groups in total. The number of aliphatic hydroxyl groups is 2. The lowest BCUT2D eigenvalue weighted by Gasteiger charge is -2.20. The first-order valence-corrected chi connectivity index (χ1v) is 29.1. The number of esters is 1. The van der Waals surface area contributed by atoms with Crippen molar-refractivity contribution < 1.29 is 43.0 Å². The maximum atomic E-state index is 12.7. The molecule has 0 spiro atoms. The molecule has 0 saturated heterocycles. The van der Waals surface area contributed by atoms with Gasteiger partial charge in [0.1, 0.15) is 12.2 Å². The quantitative estimate of drug-likeness (QED) is 0.0236. The number of phosphoric ester groups is 1. The van der Waals surface area contributed by atoms with Gasteiger partial charge in [-0.3, -0.25) is 13.8 Å². The highest BCUT2D eigenvalue weighted by atomic mass is 31.2. The van der Waals surface area contributed by atoms with E-state index in [1.54, 1.807) is 0 Å². The van der Waals surface area contributed by atoms with Crippen LogP contribution in [-0.2, 0) is 27.9 Å². The highest BCUT2D eigenvalue weighted by Crippen LogP contribution is 2.43. The molecule has 0 heterocycles. The van der Waals surface area contributed by atoms with Gasteiger partial charge in [0, 0.05) is 13.0 Å². The Labute approximate surface area is 417 Å². The Morgan fingerprint density at radius 2 is 0.838 bits per heavy atom. The van der Waals surface area contributed by atoms with Gasteiger partial charge in [-0.1, -0.05) is 221 Å². The normalized spacial score (nSPS) is 14.4. The van der Waals surface area contributed by atoms with Gasteiger partial charge in [0.2, 0.25) is 0 Å². The topological polar surface area (TPSA) is 132 Å². The van der Waals surface area contributed by atoms with Crippen LogP contribution in [0, 0.1) is 0 Å². The van der Waals surface area contributed by atoms with Crippen LogP contribution < -0.4 is 0 Å². The van der Waals surface area contributed by atoms with Crippen molar-refractivity contribution in [2.75, 3.05) is 33.0 Å². The van der Waals surface area contributed by atoms with Crippen LogP contribution >= 0.6 is 7.82 Å². The molecule has 0 aliphatic carbocycles. The van der Waals surface area contributed by atoms with Gasteiger partial charge >= 0.3 is 13.8 Å². The average molecular weight is 975 g/mol. The van der Waals surface area contributed by atoms with E-state index in [2.05, 4.69) is 98.9 Å². The third-order valence-corrected chi connectivity index (χ3v) is 12.5. The summed E-state index contributed by atoms with van der Waals surface area (Å²) >= 11 is 0. The van der Waals surface area contributed by atoms with E-state index in [-0.39, 0.29) is 19.6 Å². The lowest BCUT2D eigenvalue weighted by Crippen LogP contribution is -2.29. The van der Waals surface area contributed by atoms with Crippen LogP contribution in [0.15, 0.2) is 85.1 Å². The van der Waals surface area contributed by atoms with Crippen LogP contribution in [0.5, 0.6) is 0 Å². The van der Waals surface area contributed by atoms with E-state index in [0.717, 1.165) is 96.3 Å². The number of ether oxygens (including phenoxy) is 2. The minimum absolute atomic E-state index is 0.0319. The van der Waals surface area contributed by atoms with Gasteiger partial charge in [0.25, 0.3) is 0 Å². The molecule has 0 aliphatic heterocycles. The van der Waals surface area contributed by atoms with Crippen molar-refractivity contribution in [1.29, 1.82) is 0 Å². The summed E-state index contributed by atoms with van der Waals surface area (Å²) in [5.41, 5.74) is 0. The lowest BCUT2D eigenvalue weighted by molar-refractivity contribution is -0.154. The standard InChI is InChI=1S/C58H103O9P/c1-3-5-7-9-11-13-15-17-19-21-23-25-27-29-31-33-35-37-39-41-43-45-47-49-51-64-54-57(55-66-68(62,63)65-53-56(60)52-59)67-58(61)50-48-46-44-42-40-38-36-34-32-30-28-26-24-22-20-18-16-14-12-10-8-6-4-2/h5,7,11,13,17,19,22-25,29,31,35,37,56-57,59-60H,3-4,6,8-10,12,14-16,18,20-21,26-28,30,32-34,36,38-55H2,1-2H3,(H,62,63)/b7-5-,13-11-,19-17-,24-22-,25-23-,31-29-,37-35-. The fourth-order valence-corrected chi connectivity index (χ4v) is 8.20. The number of carbonyl (C=O) groups excluding carboxylic acids is 1. The van der Waals surface area contributed by atoms with Crippen LogP contribution in [0.1, 0.15) is 232 Å². The summed E-state index contributed by atoms with van der Waals surface area (Å²) < 4.78 is 33.6. The zero-order valence-electron chi connectivity index (χ0n) is 43.6. The summed E-state index contributed by atoms with van der Waals surface area (Å²) in [4.78, 5) is 22.8. The smallest absolute Gasteiger partial charge is 0.457 e. The minimum Gasteiger partial charge on any atom is -0.457 e. The maximum absolute atomic E-state index is 12.7. The SMILES string of the molecule is CC/C=C\C/C=C\C/C=C\C/C=C\C/C=C\C/C=C\CCCCCCCOCC(COP(=O)(O)OCC(O)CO)OC(=O)CCCCCCCCCCCCC/C=C\CCCCCCCCCC. The fourth-order valence-electron chi connectivity index (χ4n) is 7.41. The van der Waals surface area contributed by atoms with Gasteiger partial charge in [-0.05, 0) is 89.9 Å². The minimum atomic E-state index is -4.54. The van der Waals surface area contributed by atoms with Gasteiger partial charge in [-0.25, -0.2) is 4.57 Å². The van der Waals surface area contributed by atoms with E-state index >= 15 is 0 Å². The molecule has 68 heavy (non-hydrogen) atoms. The molecule has 0 fully saturated rings. The van der Waals surface area contributed by atoms with Crippen LogP contribution in [0.2, 0.25) is 0 Å². The number of unbranched alkanes of at least 4 members (excludes halogenated alkanes) is 24. The Bertz CT molecular complexity index is 1340. The molecule has 3 unspecified atom stereocenters. The van der Waals surface area contributed by atoms with E-state index < -0.39 is 39.2 Å². The van der Waals surface area contributed by atoms with Crippen molar-refractivity contribution in [2.24, 2.45) is 0 Å². The van der Waals surface area contributed by atoms with Gasteiger partial charge in [0.05, 0.1) is 26.4 Å². The van der Waals surface area contributed by atoms with E-state index in [0.29, 0.717) is 6.61 Å². The number of carbonyl (C=O) groups is 1. The summed E-state index contributed by atoms with van der Waals surface area (Å²) in [6.45, 7) is 3.37. The van der Waals surface area contributed by atoms with Crippen LogP contribution in [0.4, 0.5) is 0 Å². The predicted molar refractivity (Wildman–Crippen MR) is 288 cm³/mol. The molecule has 9 nitrogen and oxygen atoms in total. The zero-order chi connectivity index (χ0) is 49.5. The molecule has 3 atom stereocenters. The number of hydrogen-bond acceptors (Lipinski definition) is 8. The van der Waals surface area contributed by atoms with E-state index in [1.165, 1.54) is 116 Å². The van der Waals surface area contributed by atoms with Crippen molar-refractivity contribution in [2.45, 2.75) is 244 Å². The molecule has 0 bridgehead atoms. The van der Waals surface area contributed by atoms with Crippen LogP contribution in [0.25, 0.3) is 0 Å². The second kappa shape index (κ2) is 54.0. The molecule has 0 aromatic heterocycles. The largest absolute Gasteiger partial charge is 0.472 e. The number of aliphatic hydroxyl groups excluding tert-OH is 2. The molecule has 0 aromatic rings. The van der Waals surface area contributed by atoms with Crippen molar-refractivity contribution in [3.63, 3.8) is 0 Å². The first-order valence-electron chi connectivity index (χ1n) is 27.6. The van der Waals surface area contributed by atoms with Crippen molar-refractivity contribution in [3.05, 3.63) is 85.1 Å². The predicted octanol–water partition coefficient (Wildman–Crippen LogP) is 16.6. The Morgan fingerprint density at radius 1 is 0.471 bits per heavy atom. The molecule has 10 heteroatoms. The van der Waals surface area contributed by atoms with E-state index in [9.17, 15) is 19.4 Å². The summed E-state index contributed by atoms with van der Waals surface area (Å²) in [5, 5.41) is 18.5. The van der Waals surface area contributed by atoms with Crippen molar-refractivity contribution >= 4 is 13.8 Å². The van der Waals surface area contributed by atoms with Gasteiger partial charge in [0.15, 0.2) is 0 Å². The first kappa shape index (κ1) is 65.6. The molecule has 0 aromatic carbocycles. The zero-order valence-corrected chi connectivity index (χ0v) is 44.4. The monoisotopic (exact) mass is 975 g/mol. The maximum Gasteiger partial charge on any atom is 0.472 e. The number of phosphoric acid groups is 1. The fraction of sp³-hybridized carbons (Fsp3) is 0.741. The van der Waals surface area contributed by atoms with Gasteiger partial charge < -0.3 is 24.6 Å². The Hall–Kier alpha value is -2.36. The highest BCUT2D eigenvalue weighted by molar-refractivity contribution is 7.47. The summed E-state index contributed by atoms with van der Waals surface area (Å²) in [5.74, 6) is -0.391. The number of rotatable bonds is 52. The lowest BCUT2D eigenvalue weighted by atomic mass is 10.0. The third kappa shape index (κ3) is 53.0. The van der Waals surface area contributed by atoms with Gasteiger partial charge in [-0.2, -0.15) is 0 Å². The third-order valence-electron chi connectivity index (χ3n) is 11.6. The molecule has 0 amide bonds. The van der Waals surface area contributed by atoms with E-state index in [4.69, 9.17) is 23.6 Å². The van der Waals surface area contributed by atoms with Crippen LogP contribution in [0.3, 0.4) is 0 Å². The second-order valence-corrected chi connectivity index (χ2v) is 19.7. The Morgan fingerprint density at radius 3 is 1.28 bits per heavy atom. The van der Waals surface area contributed by atoms with E-state index in [1.807, 2.05) is 0 Å². The molecular formula is C58H103O9P. The van der Waals surface area contributed by atoms with Crippen molar-refractivity contribution in [1.82, 2.24) is 0 Å². The molecule has 0 radical (unpaired) electrons. The molecule has 394 valence electrons. The summed E-state index contributed by atoms with van der Waals surface area (Å²) in [6.07, 6.45) is 68.4.